The van der Waals surface area contributed by atoms with Gasteiger partial charge in [-0.25, -0.2) is 5.10 Å². The highest BCUT2D eigenvalue weighted by Gasteiger charge is 2.34. The van der Waals surface area contributed by atoms with Crippen LogP contribution in [0.15, 0.2) is 16.9 Å². The summed E-state index contributed by atoms with van der Waals surface area (Å²) in [4.78, 5) is 25.6. The van der Waals surface area contributed by atoms with Gasteiger partial charge in [0.2, 0.25) is 0 Å². The summed E-state index contributed by atoms with van der Waals surface area (Å²) in [5.74, 6) is -0.0698. The molecule has 1 aromatic rings. The molecule has 6 heteroatoms. The Labute approximate surface area is 117 Å². The van der Waals surface area contributed by atoms with Gasteiger partial charge in [-0.2, -0.15) is 5.10 Å². The van der Waals surface area contributed by atoms with Gasteiger partial charge in [-0.3, -0.25) is 9.59 Å². The van der Waals surface area contributed by atoms with Crippen LogP contribution < -0.4 is 10.9 Å². The second kappa shape index (κ2) is 5.75. The van der Waals surface area contributed by atoms with Crippen molar-refractivity contribution < 1.29 is 4.79 Å². The molecule has 3 rings (SSSR count). The highest BCUT2D eigenvalue weighted by molar-refractivity contribution is 5.92. The average molecular weight is 276 g/mol. The number of nitrogens with zero attached hydrogens (tertiary/aromatic N) is 2. The van der Waals surface area contributed by atoms with Crippen LogP contribution in [-0.2, 0) is 0 Å². The number of aromatic nitrogens is 2. The minimum atomic E-state index is -0.283. The number of aromatic amines is 1. The fourth-order valence-corrected chi connectivity index (χ4v) is 3.28. The van der Waals surface area contributed by atoms with Crippen molar-refractivity contribution >= 4 is 5.91 Å². The van der Waals surface area contributed by atoms with Gasteiger partial charge in [-0.1, -0.05) is 0 Å². The zero-order valence-corrected chi connectivity index (χ0v) is 11.5. The van der Waals surface area contributed by atoms with Gasteiger partial charge >= 0.3 is 0 Å². The number of piperidine rings is 1. The Morgan fingerprint density at radius 3 is 2.85 bits per heavy atom. The van der Waals surface area contributed by atoms with E-state index in [0.717, 1.165) is 32.4 Å². The van der Waals surface area contributed by atoms with E-state index in [-0.39, 0.29) is 17.5 Å². The third kappa shape index (κ3) is 2.60. The van der Waals surface area contributed by atoms with Crippen molar-refractivity contribution in [3.05, 3.63) is 28.2 Å². The minimum Gasteiger partial charge on any atom is -0.333 e. The van der Waals surface area contributed by atoms with Crippen molar-refractivity contribution in [1.82, 2.24) is 20.4 Å². The molecule has 2 fully saturated rings. The molecule has 2 atom stereocenters. The second-order valence-electron chi connectivity index (χ2n) is 5.57. The normalized spacial score (nSPS) is 26.7. The molecule has 2 aliphatic rings. The van der Waals surface area contributed by atoms with Gasteiger partial charge in [0.1, 0.15) is 5.69 Å². The number of hydrogen-bond acceptors (Lipinski definition) is 4. The van der Waals surface area contributed by atoms with Crippen LogP contribution in [0.3, 0.4) is 0 Å². The molecule has 0 aromatic carbocycles. The molecule has 1 aromatic heterocycles. The van der Waals surface area contributed by atoms with Crippen LogP contribution in [0.1, 0.15) is 42.6 Å². The maximum absolute atomic E-state index is 12.6. The average Bonchev–Trinajstić information content (AvgIpc) is 3.01. The van der Waals surface area contributed by atoms with Gasteiger partial charge in [0.25, 0.3) is 11.5 Å². The lowest BCUT2D eigenvalue weighted by Gasteiger charge is -2.39. The highest BCUT2D eigenvalue weighted by atomic mass is 16.2. The fraction of sp³-hybridized carbons (Fsp3) is 0.643. The van der Waals surface area contributed by atoms with Crippen molar-refractivity contribution in [3.63, 3.8) is 0 Å². The first kappa shape index (κ1) is 13.3. The molecule has 0 radical (unpaired) electrons. The van der Waals surface area contributed by atoms with E-state index in [1.807, 2.05) is 4.90 Å². The maximum atomic E-state index is 12.6. The first-order valence-electron chi connectivity index (χ1n) is 7.36. The van der Waals surface area contributed by atoms with Crippen molar-refractivity contribution in [1.29, 1.82) is 0 Å². The lowest BCUT2D eigenvalue weighted by molar-refractivity contribution is 0.0556. The van der Waals surface area contributed by atoms with Crippen molar-refractivity contribution in [3.8, 4) is 0 Å². The monoisotopic (exact) mass is 276 g/mol. The molecule has 2 unspecified atom stereocenters. The lowest BCUT2D eigenvalue weighted by atomic mass is 9.94. The Morgan fingerprint density at radius 1 is 1.25 bits per heavy atom. The zero-order valence-electron chi connectivity index (χ0n) is 11.5. The van der Waals surface area contributed by atoms with Gasteiger partial charge in [0.05, 0.1) is 0 Å². The van der Waals surface area contributed by atoms with E-state index in [9.17, 15) is 9.59 Å². The van der Waals surface area contributed by atoms with Gasteiger partial charge in [0.15, 0.2) is 0 Å². The molecule has 1 amide bonds. The second-order valence-corrected chi connectivity index (χ2v) is 5.57. The summed E-state index contributed by atoms with van der Waals surface area (Å²) in [5, 5.41) is 9.70. The number of carbonyl (C=O) groups excluding carboxylic acids is 1. The molecular weight excluding hydrogens is 256 g/mol. The molecule has 0 aliphatic carbocycles. The molecule has 2 saturated heterocycles. The molecule has 108 valence electrons. The molecule has 2 aliphatic heterocycles. The zero-order chi connectivity index (χ0) is 13.9. The molecule has 0 saturated carbocycles. The van der Waals surface area contributed by atoms with E-state index in [0.29, 0.717) is 11.7 Å². The van der Waals surface area contributed by atoms with Crippen molar-refractivity contribution in [2.45, 2.75) is 44.2 Å². The van der Waals surface area contributed by atoms with E-state index < -0.39 is 0 Å². The van der Waals surface area contributed by atoms with E-state index in [1.165, 1.54) is 25.0 Å². The van der Waals surface area contributed by atoms with E-state index >= 15 is 0 Å². The predicted octanol–water partition coefficient (Wildman–Crippen LogP) is 0.517. The third-order valence-electron chi connectivity index (χ3n) is 4.27. The Kier molecular flexibility index (Phi) is 3.82. The molecule has 3 heterocycles. The quantitative estimate of drug-likeness (QED) is 0.825. The summed E-state index contributed by atoms with van der Waals surface area (Å²) in [6.45, 7) is 1.82. The third-order valence-corrected chi connectivity index (χ3v) is 4.27. The first-order chi connectivity index (χ1) is 9.75. The fourth-order valence-electron chi connectivity index (χ4n) is 3.28. The van der Waals surface area contributed by atoms with Crippen LogP contribution in [0, 0.1) is 0 Å². The summed E-state index contributed by atoms with van der Waals surface area (Å²) in [6.07, 6.45) is 5.57. The number of nitrogens with one attached hydrogen (secondary N) is 2. The van der Waals surface area contributed by atoms with Crippen molar-refractivity contribution in [2.24, 2.45) is 0 Å². The molecule has 0 bridgehead atoms. The molecule has 6 nitrogen and oxygen atoms in total. The van der Waals surface area contributed by atoms with Gasteiger partial charge in [0, 0.05) is 24.7 Å². The summed E-state index contributed by atoms with van der Waals surface area (Å²) < 4.78 is 0. The standard InChI is InChI=1S/C14H20N4O2/c19-13-7-6-11(16-17-13)14(20)18-9-2-1-5-12(18)10-4-3-8-15-10/h6-7,10,12,15H,1-5,8-9H2,(H,17,19). The largest absolute Gasteiger partial charge is 0.333 e. The van der Waals surface area contributed by atoms with E-state index in [1.54, 1.807) is 0 Å². The predicted molar refractivity (Wildman–Crippen MR) is 74.6 cm³/mol. The Balaban J connectivity index is 1.79. The molecule has 20 heavy (non-hydrogen) atoms. The van der Waals surface area contributed by atoms with Gasteiger partial charge in [-0.05, 0) is 44.7 Å². The molecule has 0 spiro atoms. The highest BCUT2D eigenvalue weighted by Crippen LogP contribution is 2.25. The number of H-pyrrole nitrogens is 1. The van der Waals surface area contributed by atoms with E-state index in [4.69, 9.17) is 0 Å². The van der Waals surface area contributed by atoms with Crippen LogP contribution in [0.25, 0.3) is 0 Å². The lowest BCUT2D eigenvalue weighted by Crippen LogP contribution is -2.52. The van der Waals surface area contributed by atoms with Crippen LogP contribution >= 0.6 is 0 Å². The van der Waals surface area contributed by atoms with Crippen molar-refractivity contribution in [2.75, 3.05) is 13.1 Å². The Hall–Kier alpha value is -1.69. The van der Waals surface area contributed by atoms with Crippen LogP contribution in [0.4, 0.5) is 0 Å². The smallest absolute Gasteiger partial charge is 0.274 e. The van der Waals surface area contributed by atoms with Crippen LogP contribution in [-0.4, -0.2) is 46.2 Å². The molecule has 2 N–H and O–H groups in total. The van der Waals surface area contributed by atoms with Crippen LogP contribution in [0.5, 0.6) is 0 Å². The number of amides is 1. The maximum Gasteiger partial charge on any atom is 0.274 e. The topological polar surface area (TPSA) is 78.1 Å². The van der Waals surface area contributed by atoms with E-state index in [2.05, 4.69) is 15.5 Å². The number of hydrogen-bond donors (Lipinski definition) is 2. The Bertz CT molecular complexity index is 516. The number of rotatable bonds is 2. The number of carbonyl (C=O) groups is 1. The summed E-state index contributed by atoms with van der Waals surface area (Å²) in [6, 6.07) is 3.52. The van der Waals surface area contributed by atoms with Gasteiger partial charge in [-0.15, -0.1) is 0 Å². The summed E-state index contributed by atoms with van der Waals surface area (Å²) >= 11 is 0. The number of likely N-dealkylation sites (tertiary alicyclic amines) is 1. The SMILES string of the molecule is O=C(c1ccc(=O)[nH]n1)N1CCCCC1C1CCCN1. The first-order valence-corrected chi connectivity index (χ1v) is 7.36. The van der Waals surface area contributed by atoms with Gasteiger partial charge < -0.3 is 10.2 Å². The van der Waals surface area contributed by atoms with Crippen LogP contribution in [0.2, 0.25) is 0 Å². The molecular formula is C14H20N4O2. The minimum absolute atomic E-state index is 0.0698. The summed E-state index contributed by atoms with van der Waals surface area (Å²) in [7, 11) is 0. The Morgan fingerprint density at radius 2 is 2.15 bits per heavy atom. The summed E-state index contributed by atoms with van der Waals surface area (Å²) in [5.41, 5.74) is 0.0451.